The van der Waals surface area contributed by atoms with E-state index in [1.807, 2.05) is 0 Å². The molecule has 0 nitrogen and oxygen atoms in total. The van der Waals surface area contributed by atoms with E-state index in [0.717, 1.165) is 0 Å². The molecule has 0 saturated heterocycles. The van der Waals surface area contributed by atoms with Gasteiger partial charge in [0.1, 0.15) is 5.56 Å². The Morgan fingerprint density at radius 2 is 1.14 bits per heavy atom. The zero-order valence-corrected chi connectivity index (χ0v) is 12.0. The molecule has 0 bridgehead atoms. The van der Waals surface area contributed by atoms with E-state index in [2.05, 4.69) is 0 Å². The molecule has 0 N–H and O–H groups in total. The van der Waals surface area contributed by atoms with Crippen LogP contribution in [0.15, 0.2) is 11.5 Å². The van der Waals surface area contributed by atoms with Gasteiger partial charge in [0.05, 0.1) is 5.19 Å². The quantitative estimate of drug-likeness (QED) is 0.285. The summed E-state index contributed by atoms with van der Waals surface area (Å²) in [5, 5.41) is -2.25. The van der Waals surface area contributed by atoms with Crippen LogP contribution in [0.4, 0.5) is 43.9 Å². The van der Waals surface area contributed by atoms with Crippen molar-refractivity contribution in [2.45, 2.75) is 6.18 Å². The van der Waals surface area contributed by atoms with Gasteiger partial charge in [-0.05, 0) is 0 Å². The summed E-state index contributed by atoms with van der Waals surface area (Å²) in [7, 11) is 0. The van der Waals surface area contributed by atoms with Gasteiger partial charge in [0.25, 0.3) is 6.08 Å². The standard InChI is InChI=1S/C9Cl2F10Si/c10-22(11,8(18)7(16)17)6-4(14)2(12)1(9(19,20)21)3(13)5(6)15. The first-order chi connectivity index (χ1) is 9.74. The largest absolute Gasteiger partial charge is 0.422 e. The van der Waals surface area contributed by atoms with Crippen molar-refractivity contribution in [2.24, 2.45) is 0 Å². The van der Waals surface area contributed by atoms with Gasteiger partial charge in [0.15, 0.2) is 28.7 Å². The van der Waals surface area contributed by atoms with Crippen molar-refractivity contribution in [3.8, 4) is 0 Å². The molecule has 0 saturated carbocycles. The number of hydrogen-bond donors (Lipinski definition) is 0. The van der Waals surface area contributed by atoms with Crippen molar-refractivity contribution in [3.63, 3.8) is 0 Å². The van der Waals surface area contributed by atoms with Gasteiger partial charge in [-0.3, -0.25) is 0 Å². The molecule has 0 radical (unpaired) electrons. The van der Waals surface area contributed by atoms with Crippen molar-refractivity contribution < 1.29 is 43.9 Å². The van der Waals surface area contributed by atoms with Gasteiger partial charge in [-0.15, -0.1) is 22.2 Å². The highest BCUT2D eigenvalue weighted by Crippen LogP contribution is 2.38. The Kier molecular flexibility index (Phi) is 5.15. The molecule has 0 aliphatic heterocycles. The fourth-order valence-corrected chi connectivity index (χ4v) is 4.04. The van der Waals surface area contributed by atoms with E-state index in [4.69, 9.17) is 22.2 Å². The maximum atomic E-state index is 13.5. The minimum absolute atomic E-state index is 2.25. The first-order valence-corrected chi connectivity index (χ1v) is 8.79. The lowest BCUT2D eigenvalue weighted by Gasteiger charge is -2.19. The topological polar surface area (TPSA) is 0 Å². The Hall–Kier alpha value is -0.943. The molecule has 0 aromatic heterocycles. The molecule has 0 aliphatic carbocycles. The average Bonchev–Trinajstić information content (AvgIpc) is 2.33. The first kappa shape index (κ1) is 19.1. The van der Waals surface area contributed by atoms with Crippen molar-refractivity contribution in [1.29, 1.82) is 0 Å². The summed E-state index contributed by atoms with van der Waals surface area (Å²) in [5.41, 5.74) is -5.73. The second kappa shape index (κ2) is 5.93. The van der Waals surface area contributed by atoms with Gasteiger partial charge in [0.2, 0.25) is 0 Å². The predicted octanol–water partition coefficient (Wildman–Crippen LogP) is 5.01. The minimum atomic E-state index is -5.85. The third-order valence-electron chi connectivity index (χ3n) is 2.30. The maximum absolute atomic E-state index is 13.5. The Balaban J connectivity index is 3.87. The van der Waals surface area contributed by atoms with E-state index in [1.165, 1.54) is 0 Å². The predicted molar refractivity (Wildman–Crippen MR) is 58.7 cm³/mol. The molecule has 0 unspecified atom stereocenters. The smallest absolute Gasteiger partial charge is 0.208 e. The third kappa shape index (κ3) is 3.06. The fraction of sp³-hybridized carbons (Fsp3) is 0.111. The lowest BCUT2D eigenvalue weighted by Crippen LogP contribution is -2.45. The SMILES string of the molecule is FC(F)=C(F)[Si](Cl)(Cl)c1c(F)c(F)c(C(F)(F)F)c(F)c1F. The van der Waals surface area contributed by atoms with E-state index in [9.17, 15) is 43.9 Å². The molecular formula is C9Cl2F10Si. The number of alkyl halides is 3. The Labute approximate surface area is 125 Å². The number of benzene rings is 1. The van der Waals surface area contributed by atoms with Crippen LogP contribution < -0.4 is 5.19 Å². The molecule has 0 aliphatic rings. The molecule has 13 heteroatoms. The van der Waals surface area contributed by atoms with Crippen LogP contribution in [0.5, 0.6) is 0 Å². The van der Waals surface area contributed by atoms with E-state index < -0.39 is 58.4 Å². The van der Waals surface area contributed by atoms with E-state index in [-0.39, 0.29) is 0 Å². The second-order valence-corrected chi connectivity index (χ2v) is 9.72. The van der Waals surface area contributed by atoms with Gasteiger partial charge in [-0.2, -0.15) is 22.0 Å². The summed E-state index contributed by atoms with van der Waals surface area (Å²) < 4.78 is 128. The van der Waals surface area contributed by atoms with Gasteiger partial charge in [0, 0.05) is 0 Å². The average molecular weight is 397 g/mol. The maximum Gasteiger partial charge on any atom is 0.422 e. The zero-order valence-electron chi connectivity index (χ0n) is 9.54. The zero-order chi connectivity index (χ0) is 17.6. The monoisotopic (exact) mass is 396 g/mol. The van der Waals surface area contributed by atoms with Crippen molar-refractivity contribution in [2.75, 3.05) is 0 Å². The van der Waals surface area contributed by atoms with Gasteiger partial charge < -0.3 is 0 Å². The van der Waals surface area contributed by atoms with Crippen LogP contribution >= 0.6 is 22.2 Å². The molecular weight excluding hydrogens is 397 g/mol. The molecule has 124 valence electrons. The summed E-state index contributed by atoms with van der Waals surface area (Å²) in [6.07, 6.45) is -9.09. The molecule has 1 rings (SSSR count). The molecule has 0 atom stereocenters. The summed E-state index contributed by atoms with van der Waals surface area (Å²) >= 11 is 10.1. The van der Waals surface area contributed by atoms with Crippen LogP contribution in [-0.4, -0.2) is 6.69 Å². The van der Waals surface area contributed by atoms with Crippen LogP contribution in [-0.2, 0) is 6.18 Å². The van der Waals surface area contributed by atoms with Crippen LogP contribution in [0.25, 0.3) is 0 Å². The molecule has 0 fully saturated rings. The Morgan fingerprint density at radius 3 is 1.41 bits per heavy atom. The minimum Gasteiger partial charge on any atom is -0.208 e. The molecule has 22 heavy (non-hydrogen) atoms. The lowest BCUT2D eigenvalue weighted by atomic mass is 10.1. The first-order valence-electron chi connectivity index (χ1n) is 4.77. The number of halogens is 12. The van der Waals surface area contributed by atoms with Crippen LogP contribution in [0, 0.1) is 23.3 Å². The third-order valence-corrected chi connectivity index (χ3v) is 6.24. The Morgan fingerprint density at radius 1 is 0.773 bits per heavy atom. The van der Waals surface area contributed by atoms with Gasteiger partial charge in [-0.1, -0.05) is 0 Å². The van der Waals surface area contributed by atoms with Gasteiger partial charge in [-0.25, -0.2) is 22.0 Å². The van der Waals surface area contributed by atoms with Crippen LogP contribution in [0.3, 0.4) is 0 Å². The van der Waals surface area contributed by atoms with Crippen LogP contribution in [0.2, 0.25) is 0 Å². The van der Waals surface area contributed by atoms with E-state index in [1.54, 1.807) is 0 Å². The van der Waals surface area contributed by atoms with Crippen molar-refractivity contribution in [1.82, 2.24) is 0 Å². The second-order valence-electron chi connectivity index (χ2n) is 3.65. The number of rotatable bonds is 2. The fourth-order valence-electron chi connectivity index (χ4n) is 1.38. The Bertz CT molecular complexity index is 618. The van der Waals surface area contributed by atoms with E-state index in [0.29, 0.717) is 0 Å². The van der Waals surface area contributed by atoms with Gasteiger partial charge >= 0.3 is 12.9 Å². The molecule has 1 aromatic rings. The number of hydrogen-bond acceptors (Lipinski definition) is 0. The molecule has 1 aromatic carbocycles. The normalized spacial score (nSPS) is 12.5. The lowest BCUT2D eigenvalue weighted by molar-refractivity contribution is -0.143. The highest BCUT2D eigenvalue weighted by molar-refractivity contribution is 7.53. The molecule has 0 heterocycles. The van der Waals surface area contributed by atoms with Crippen LogP contribution in [0.1, 0.15) is 5.56 Å². The molecule has 0 amide bonds. The summed E-state index contributed by atoms with van der Waals surface area (Å²) in [4.78, 5) is 0. The highest BCUT2D eigenvalue weighted by Gasteiger charge is 2.50. The summed E-state index contributed by atoms with van der Waals surface area (Å²) in [5.74, 6) is -11.6. The highest BCUT2D eigenvalue weighted by atomic mass is 35.7. The summed E-state index contributed by atoms with van der Waals surface area (Å²) in [6, 6.07) is 0. The van der Waals surface area contributed by atoms with Crippen molar-refractivity contribution in [3.05, 3.63) is 40.4 Å². The van der Waals surface area contributed by atoms with Crippen molar-refractivity contribution >= 4 is 34.0 Å². The molecule has 0 spiro atoms. The van der Waals surface area contributed by atoms with E-state index >= 15 is 0 Å². The summed E-state index contributed by atoms with van der Waals surface area (Å²) in [6.45, 7) is -5.67.